The second-order valence-corrected chi connectivity index (χ2v) is 5.82. The number of aromatic nitrogens is 2. The molecule has 5 heteroatoms. The minimum atomic E-state index is 0.663. The second-order valence-electron chi connectivity index (χ2n) is 4.84. The maximum absolute atomic E-state index is 9.41. The molecule has 0 radical (unpaired) electrons. The van der Waals surface area contributed by atoms with E-state index in [0.717, 1.165) is 28.6 Å². The molecule has 0 aliphatic carbocycles. The molecule has 0 fully saturated rings. The zero-order valence-corrected chi connectivity index (χ0v) is 13.0. The number of para-hydroxylation sites is 1. The van der Waals surface area contributed by atoms with Crippen LogP contribution in [-0.4, -0.2) is 9.78 Å². The van der Waals surface area contributed by atoms with Crippen LogP contribution >= 0.6 is 11.8 Å². The number of aryl methyl sites for hydroxylation is 1. The van der Waals surface area contributed by atoms with E-state index in [1.807, 2.05) is 54.1 Å². The molecule has 1 aromatic carbocycles. The van der Waals surface area contributed by atoms with Crippen molar-refractivity contribution in [1.82, 2.24) is 9.78 Å². The van der Waals surface area contributed by atoms with Gasteiger partial charge in [0.05, 0.1) is 34.7 Å². The third-order valence-corrected chi connectivity index (χ3v) is 4.30. The molecule has 0 saturated heterocycles. The van der Waals surface area contributed by atoms with E-state index < -0.39 is 0 Å². The topological polar surface area (TPSA) is 54.8 Å². The normalized spacial score (nSPS) is 10.5. The van der Waals surface area contributed by atoms with Crippen molar-refractivity contribution in [3.63, 3.8) is 0 Å². The van der Waals surface area contributed by atoms with Crippen molar-refractivity contribution in [1.29, 1.82) is 5.26 Å². The maximum atomic E-state index is 9.41. The predicted octanol–water partition coefficient (Wildman–Crippen LogP) is 4.08. The fourth-order valence-corrected chi connectivity index (χ4v) is 3.21. The summed E-state index contributed by atoms with van der Waals surface area (Å²) in [5.41, 5.74) is 3.33. The molecule has 0 unspecified atom stereocenters. The van der Waals surface area contributed by atoms with Crippen molar-refractivity contribution in [2.24, 2.45) is 0 Å². The van der Waals surface area contributed by atoms with Gasteiger partial charge >= 0.3 is 0 Å². The van der Waals surface area contributed by atoms with E-state index in [2.05, 4.69) is 11.2 Å². The van der Waals surface area contributed by atoms with Gasteiger partial charge in [-0.25, -0.2) is 4.68 Å². The quantitative estimate of drug-likeness (QED) is 0.712. The average molecular weight is 309 g/mol. The van der Waals surface area contributed by atoms with Crippen LogP contribution in [0, 0.1) is 18.3 Å². The highest BCUT2D eigenvalue weighted by molar-refractivity contribution is 7.97. The number of nitrogens with zero attached hydrogens (tertiary/aromatic N) is 3. The van der Waals surface area contributed by atoms with Crippen molar-refractivity contribution in [2.75, 3.05) is 0 Å². The lowest BCUT2D eigenvalue weighted by Crippen LogP contribution is -2.02. The Hall–Kier alpha value is -2.45. The number of benzene rings is 1. The highest BCUT2D eigenvalue weighted by Gasteiger charge is 2.16. The molecular weight excluding hydrogens is 294 g/mol. The molecule has 2 aromatic heterocycles. The summed E-state index contributed by atoms with van der Waals surface area (Å²) >= 11 is 1.71. The first-order valence-corrected chi connectivity index (χ1v) is 8.09. The van der Waals surface area contributed by atoms with E-state index in [4.69, 9.17) is 4.42 Å². The molecule has 0 aliphatic rings. The van der Waals surface area contributed by atoms with Crippen molar-refractivity contribution in [2.45, 2.75) is 18.4 Å². The Morgan fingerprint density at radius 2 is 2.00 bits per heavy atom. The monoisotopic (exact) mass is 309 g/mol. The smallest absolute Gasteiger partial charge is 0.113 e. The van der Waals surface area contributed by atoms with E-state index in [1.54, 1.807) is 18.0 Å². The highest BCUT2D eigenvalue weighted by Crippen LogP contribution is 2.24. The van der Waals surface area contributed by atoms with Crippen molar-refractivity contribution in [3.05, 3.63) is 71.4 Å². The standard InChI is InChI=1S/C17H15N3OS/c1-13-16(10-18)17(12-22-11-15-8-5-9-21-15)20(19-13)14-6-3-2-4-7-14/h2-9H,11-12H2,1H3. The van der Waals surface area contributed by atoms with Gasteiger partial charge in [-0.2, -0.15) is 10.4 Å². The lowest BCUT2D eigenvalue weighted by atomic mass is 10.2. The Morgan fingerprint density at radius 1 is 1.18 bits per heavy atom. The van der Waals surface area contributed by atoms with Gasteiger partial charge in [0.2, 0.25) is 0 Å². The number of furan rings is 1. The van der Waals surface area contributed by atoms with Crippen LogP contribution in [0.2, 0.25) is 0 Å². The Bertz CT molecular complexity index is 785. The minimum absolute atomic E-state index is 0.663. The fraction of sp³-hybridized carbons (Fsp3) is 0.176. The van der Waals surface area contributed by atoms with Gasteiger partial charge in [-0.3, -0.25) is 0 Å². The predicted molar refractivity (Wildman–Crippen MR) is 86.7 cm³/mol. The second kappa shape index (κ2) is 6.54. The molecule has 22 heavy (non-hydrogen) atoms. The lowest BCUT2D eigenvalue weighted by Gasteiger charge is -2.07. The summed E-state index contributed by atoms with van der Waals surface area (Å²) in [5.74, 6) is 2.42. The summed E-state index contributed by atoms with van der Waals surface area (Å²) in [7, 11) is 0. The van der Waals surface area contributed by atoms with Crippen LogP contribution in [0.4, 0.5) is 0 Å². The van der Waals surface area contributed by atoms with Gasteiger partial charge in [0.1, 0.15) is 11.8 Å². The van der Waals surface area contributed by atoms with Gasteiger partial charge in [-0.05, 0) is 31.2 Å². The zero-order chi connectivity index (χ0) is 15.4. The highest BCUT2D eigenvalue weighted by atomic mass is 32.2. The van der Waals surface area contributed by atoms with Crippen LogP contribution in [-0.2, 0) is 11.5 Å². The molecule has 0 atom stereocenters. The lowest BCUT2D eigenvalue weighted by molar-refractivity contribution is 0.530. The number of nitriles is 1. The summed E-state index contributed by atoms with van der Waals surface area (Å²) < 4.78 is 7.20. The van der Waals surface area contributed by atoms with E-state index in [1.165, 1.54) is 0 Å². The van der Waals surface area contributed by atoms with Gasteiger partial charge in [0.15, 0.2) is 0 Å². The van der Waals surface area contributed by atoms with Crippen LogP contribution in [0.3, 0.4) is 0 Å². The molecule has 4 nitrogen and oxygen atoms in total. The summed E-state index contributed by atoms with van der Waals surface area (Å²) in [6.45, 7) is 1.87. The van der Waals surface area contributed by atoms with E-state index in [-0.39, 0.29) is 0 Å². The van der Waals surface area contributed by atoms with Crippen LogP contribution in [0.1, 0.15) is 22.7 Å². The first-order chi connectivity index (χ1) is 10.8. The van der Waals surface area contributed by atoms with Gasteiger partial charge in [0, 0.05) is 5.75 Å². The molecular formula is C17H15N3OS. The molecule has 0 spiro atoms. The molecule has 2 heterocycles. The summed E-state index contributed by atoms with van der Waals surface area (Å²) in [5, 5.41) is 13.9. The summed E-state index contributed by atoms with van der Waals surface area (Å²) in [4.78, 5) is 0. The van der Waals surface area contributed by atoms with E-state index in [9.17, 15) is 5.26 Å². The molecule has 0 N–H and O–H groups in total. The van der Waals surface area contributed by atoms with Crippen molar-refractivity contribution >= 4 is 11.8 Å². The van der Waals surface area contributed by atoms with Gasteiger partial charge in [-0.15, -0.1) is 11.8 Å². The number of thioether (sulfide) groups is 1. The number of hydrogen-bond acceptors (Lipinski definition) is 4. The summed E-state index contributed by atoms with van der Waals surface area (Å²) in [6, 6.07) is 16.0. The van der Waals surface area contributed by atoms with Crippen molar-refractivity contribution < 1.29 is 4.42 Å². The first-order valence-electron chi connectivity index (χ1n) is 6.93. The molecule has 3 aromatic rings. The van der Waals surface area contributed by atoms with Gasteiger partial charge in [-0.1, -0.05) is 18.2 Å². The Kier molecular flexibility index (Phi) is 4.31. The molecule has 3 rings (SSSR count). The Morgan fingerprint density at radius 3 is 2.68 bits per heavy atom. The van der Waals surface area contributed by atoms with Crippen molar-refractivity contribution in [3.8, 4) is 11.8 Å². The molecule has 0 aliphatic heterocycles. The third-order valence-electron chi connectivity index (χ3n) is 3.33. The molecule has 110 valence electrons. The van der Waals surface area contributed by atoms with Crippen LogP contribution in [0.25, 0.3) is 5.69 Å². The molecule has 0 saturated carbocycles. The van der Waals surface area contributed by atoms with Crippen LogP contribution in [0.5, 0.6) is 0 Å². The van der Waals surface area contributed by atoms with Gasteiger partial charge < -0.3 is 4.42 Å². The average Bonchev–Trinajstić information content (AvgIpc) is 3.16. The Labute approximate surface area is 133 Å². The molecule has 0 bridgehead atoms. The first kappa shape index (κ1) is 14.5. The number of rotatable bonds is 5. The molecule has 0 amide bonds. The van der Waals surface area contributed by atoms with Crippen LogP contribution in [0.15, 0.2) is 53.1 Å². The maximum Gasteiger partial charge on any atom is 0.113 e. The zero-order valence-electron chi connectivity index (χ0n) is 12.2. The number of hydrogen-bond donors (Lipinski definition) is 0. The van der Waals surface area contributed by atoms with E-state index in [0.29, 0.717) is 11.3 Å². The largest absolute Gasteiger partial charge is 0.468 e. The van der Waals surface area contributed by atoms with Crippen LogP contribution < -0.4 is 0 Å². The Balaban J connectivity index is 1.86. The minimum Gasteiger partial charge on any atom is -0.468 e. The van der Waals surface area contributed by atoms with E-state index >= 15 is 0 Å². The summed E-state index contributed by atoms with van der Waals surface area (Å²) in [6.07, 6.45) is 1.68. The SMILES string of the molecule is Cc1nn(-c2ccccc2)c(CSCc2ccco2)c1C#N. The third kappa shape index (κ3) is 2.92. The fourth-order valence-electron chi connectivity index (χ4n) is 2.28. The van der Waals surface area contributed by atoms with Gasteiger partial charge in [0.25, 0.3) is 0 Å².